The number of sulfonamides is 1. The lowest BCUT2D eigenvalue weighted by Gasteiger charge is -2.22. The van der Waals surface area contributed by atoms with Crippen LogP contribution in [0.2, 0.25) is 0 Å². The van der Waals surface area contributed by atoms with Crippen LogP contribution in [0.25, 0.3) is 16.7 Å². The van der Waals surface area contributed by atoms with Crippen LogP contribution in [0.15, 0.2) is 30.3 Å². The van der Waals surface area contributed by atoms with E-state index in [1.54, 1.807) is 12.1 Å². The maximum atomic E-state index is 13.5. The third-order valence-corrected chi connectivity index (χ3v) is 6.13. The molecule has 1 saturated heterocycles. The van der Waals surface area contributed by atoms with Gasteiger partial charge >= 0.3 is 0 Å². The minimum absolute atomic E-state index is 0.00729. The van der Waals surface area contributed by atoms with Gasteiger partial charge in [0.05, 0.1) is 29.6 Å². The molecule has 34 heavy (non-hydrogen) atoms. The Kier molecular flexibility index (Phi) is 6.85. The summed E-state index contributed by atoms with van der Waals surface area (Å²) in [7, 11) is -3.80. The highest BCUT2D eigenvalue weighted by Gasteiger charge is 2.25. The Bertz CT molecular complexity index is 1300. The first-order chi connectivity index (χ1) is 16.1. The molecule has 0 atom stereocenters. The molecule has 4 rings (SSSR count). The molecule has 0 spiro atoms. The Morgan fingerprint density at radius 1 is 1.26 bits per heavy atom. The van der Waals surface area contributed by atoms with Crippen LogP contribution in [0.1, 0.15) is 48.8 Å². The summed E-state index contributed by atoms with van der Waals surface area (Å²) in [6.45, 7) is 5.70. The topological polar surface area (TPSA) is 112 Å². The molecule has 182 valence electrons. The molecule has 1 aliphatic heterocycles. The van der Waals surface area contributed by atoms with E-state index < -0.39 is 21.7 Å². The van der Waals surface area contributed by atoms with Crippen LogP contribution < -0.4 is 9.46 Å². The Morgan fingerprint density at radius 3 is 2.56 bits per heavy atom. The van der Waals surface area contributed by atoms with Crippen LogP contribution in [0.5, 0.6) is 5.75 Å². The molecule has 1 aliphatic rings. The minimum Gasteiger partial charge on any atom is -0.492 e. The highest BCUT2D eigenvalue weighted by atomic mass is 32.2. The van der Waals surface area contributed by atoms with Crippen LogP contribution in [-0.2, 0) is 14.8 Å². The van der Waals surface area contributed by atoms with Crippen molar-refractivity contribution in [2.75, 3.05) is 26.1 Å². The summed E-state index contributed by atoms with van der Waals surface area (Å²) in [5, 5.41) is 5.33. The molecule has 11 heteroatoms. The van der Waals surface area contributed by atoms with Gasteiger partial charge in [-0.3, -0.25) is 4.79 Å². The van der Waals surface area contributed by atoms with Gasteiger partial charge in [0.25, 0.3) is 5.91 Å². The van der Waals surface area contributed by atoms with Crippen LogP contribution in [0, 0.1) is 11.7 Å². The Morgan fingerprint density at radius 2 is 1.94 bits per heavy atom. The van der Waals surface area contributed by atoms with Gasteiger partial charge in [0.15, 0.2) is 5.65 Å². The molecule has 1 amide bonds. The Balaban J connectivity index is 1.86. The zero-order valence-electron chi connectivity index (χ0n) is 19.2. The van der Waals surface area contributed by atoms with Crippen LogP contribution in [0.4, 0.5) is 4.39 Å². The standard InChI is InChI=1S/C23H27FN4O5S/c1-14(2)21-20-19(33-13-15-8-10-32-11-9-15)12-18(23(29)27-34(3,30)31)25-22(20)28(26-21)17-6-4-16(24)5-7-17/h4-7,12,14-15H,8-11,13H2,1-3H3,(H,27,29). The fraction of sp³-hybridized carbons (Fsp3) is 0.435. The van der Waals surface area contributed by atoms with Gasteiger partial charge in [0.2, 0.25) is 10.0 Å². The van der Waals surface area contributed by atoms with E-state index in [0.717, 1.165) is 19.1 Å². The van der Waals surface area contributed by atoms with Gasteiger partial charge in [-0.15, -0.1) is 0 Å². The molecule has 0 radical (unpaired) electrons. The normalized spacial score (nSPS) is 15.1. The number of rotatable bonds is 7. The van der Waals surface area contributed by atoms with Gasteiger partial charge in [-0.25, -0.2) is 27.2 Å². The smallest absolute Gasteiger partial charge is 0.283 e. The summed E-state index contributed by atoms with van der Waals surface area (Å²) >= 11 is 0. The van der Waals surface area contributed by atoms with E-state index in [1.165, 1.54) is 22.9 Å². The van der Waals surface area contributed by atoms with Crippen molar-refractivity contribution in [3.63, 3.8) is 0 Å². The highest BCUT2D eigenvalue weighted by molar-refractivity contribution is 7.89. The minimum atomic E-state index is -3.80. The summed E-state index contributed by atoms with van der Waals surface area (Å²) in [4.78, 5) is 17.1. The summed E-state index contributed by atoms with van der Waals surface area (Å²) in [6.07, 6.45) is 2.62. The maximum absolute atomic E-state index is 13.5. The van der Waals surface area contributed by atoms with Crippen molar-refractivity contribution >= 4 is 27.0 Å². The second-order valence-corrected chi connectivity index (χ2v) is 10.5. The average molecular weight is 491 g/mol. The van der Waals surface area contributed by atoms with Crippen LogP contribution in [-0.4, -0.2) is 55.2 Å². The predicted octanol–water partition coefficient (Wildman–Crippen LogP) is 3.18. The summed E-state index contributed by atoms with van der Waals surface area (Å²) in [5.74, 6) is -0.594. The number of hydrogen-bond acceptors (Lipinski definition) is 7. The second-order valence-electron chi connectivity index (χ2n) is 8.70. The molecule has 0 unspecified atom stereocenters. The van der Waals surface area contributed by atoms with E-state index in [2.05, 4.69) is 4.98 Å². The molecule has 1 N–H and O–H groups in total. The van der Waals surface area contributed by atoms with Crippen molar-refractivity contribution < 1.29 is 27.1 Å². The molecule has 3 heterocycles. The lowest BCUT2D eigenvalue weighted by molar-refractivity contribution is 0.0499. The molecule has 9 nitrogen and oxygen atoms in total. The van der Waals surface area contributed by atoms with Gasteiger partial charge in [0, 0.05) is 19.3 Å². The van der Waals surface area contributed by atoms with Gasteiger partial charge in [-0.1, -0.05) is 13.8 Å². The SMILES string of the molecule is CC(C)c1nn(-c2ccc(F)cc2)c2nc(C(=O)NS(C)(=O)=O)cc(OCC3CCOCC3)c12. The third-order valence-electron chi connectivity index (χ3n) is 5.57. The number of carbonyl (C=O) groups excluding carboxylic acids is 1. The van der Waals surface area contributed by atoms with E-state index in [4.69, 9.17) is 14.6 Å². The molecular weight excluding hydrogens is 463 g/mol. The van der Waals surface area contributed by atoms with Crippen molar-refractivity contribution in [2.45, 2.75) is 32.6 Å². The van der Waals surface area contributed by atoms with Crippen molar-refractivity contribution in [1.82, 2.24) is 19.5 Å². The van der Waals surface area contributed by atoms with E-state index in [0.29, 0.717) is 53.9 Å². The Hall–Kier alpha value is -3.05. The zero-order chi connectivity index (χ0) is 24.5. The number of aromatic nitrogens is 3. The first-order valence-electron chi connectivity index (χ1n) is 11.0. The predicted molar refractivity (Wildman–Crippen MR) is 124 cm³/mol. The fourth-order valence-electron chi connectivity index (χ4n) is 3.85. The molecule has 0 saturated carbocycles. The Labute approximate surface area is 197 Å². The van der Waals surface area contributed by atoms with Gasteiger partial charge in [-0.05, 0) is 48.9 Å². The van der Waals surface area contributed by atoms with Crippen molar-refractivity contribution in [3.05, 3.63) is 47.5 Å². The molecular formula is C23H27FN4O5S. The highest BCUT2D eigenvalue weighted by Crippen LogP contribution is 2.35. The molecule has 3 aromatic rings. The van der Waals surface area contributed by atoms with Crippen molar-refractivity contribution in [3.8, 4) is 11.4 Å². The van der Waals surface area contributed by atoms with E-state index >= 15 is 0 Å². The number of benzene rings is 1. The first kappa shape index (κ1) is 24.1. The summed E-state index contributed by atoms with van der Waals surface area (Å²) < 4.78 is 51.9. The fourth-order valence-corrected chi connectivity index (χ4v) is 4.29. The number of halogens is 1. The number of carbonyl (C=O) groups is 1. The van der Waals surface area contributed by atoms with Gasteiger partial charge < -0.3 is 9.47 Å². The number of hydrogen-bond donors (Lipinski definition) is 1. The average Bonchev–Trinajstić information content (AvgIpc) is 3.18. The maximum Gasteiger partial charge on any atom is 0.283 e. The number of nitrogens with one attached hydrogen (secondary N) is 1. The third kappa shape index (κ3) is 5.36. The number of amides is 1. The number of fused-ring (bicyclic) bond motifs is 1. The van der Waals surface area contributed by atoms with Crippen molar-refractivity contribution in [2.24, 2.45) is 5.92 Å². The quantitative estimate of drug-likeness (QED) is 0.541. The zero-order valence-corrected chi connectivity index (χ0v) is 20.1. The first-order valence-corrected chi connectivity index (χ1v) is 12.9. The van der Waals surface area contributed by atoms with Crippen LogP contribution >= 0.6 is 0 Å². The molecule has 1 aromatic carbocycles. The van der Waals surface area contributed by atoms with Gasteiger partial charge in [-0.2, -0.15) is 5.10 Å². The van der Waals surface area contributed by atoms with E-state index in [9.17, 15) is 17.6 Å². The lowest BCUT2D eigenvalue weighted by Crippen LogP contribution is -2.30. The molecule has 0 bridgehead atoms. The van der Waals surface area contributed by atoms with Crippen molar-refractivity contribution in [1.29, 1.82) is 0 Å². The van der Waals surface area contributed by atoms with E-state index in [-0.39, 0.29) is 11.6 Å². The summed E-state index contributed by atoms with van der Waals surface area (Å²) in [6, 6.07) is 7.17. The molecule has 0 aliphatic carbocycles. The second kappa shape index (κ2) is 9.67. The molecule has 1 fully saturated rings. The van der Waals surface area contributed by atoms with Gasteiger partial charge in [0.1, 0.15) is 17.3 Å². The monoisotopic (exact) mass is 490 g/mol. The largest absolute Gasteiger partial charge is 0.492 e. The summed E-state index contributed by atoms with van der Waals surface area (Å²) in [5.41, 5.74) is 1.43. The number of nitrogens with zero attached hydrogens (tertiary/aromatic N) is 3. The molecule has 2 aromatic heterocycles. The van der Waals surface area contributed by atoms with E-state index in [1.807, 2.05) is 18.6 Å². The number of ether oxygens (including phenoxy) is 2. The van der Waals surface area contributed by atoms with Crippen LogP contribution in [0.3, 0.4) is 0 Å². The number of pyridine rings is 1. The lowest BCUT2D eigenvalue weighted by atomic mass is 10.0.